The van der Waals surface area contributed by atoms with Crippen LogP contribution in [0.4, 0.5) is 10.9 Å². The topological polar surface area (TPSA) is 67.9 Å². The van der Waals surface area contributed by atoms with Gasteiger partial charge in [0.25, 0.3) is 0 Å². The maximum Gasteiger partial charge on any atom is 0.205 e. The van der Waals surface area contributed by atoms with Gasteiger partial charge in [0.05, 0.1) is 0 Å². The normalized spacial score (nSPS) is 14.7. The quantitative estimate of drug-likeness (QED) is 0.912. The first kappa shape index (κ1) is 11.4. The molecule has 1 aliphatic carbocycles. The van der Waals surface area contributed by atoms with Crippen LogP contribution < -0.4 is 10.6 Å². The number of nitrogens with two attached hydrogens (primary N) is 1. The van der Waals surface area contributed by atoms with Gasteiger partial charge in [0.15, 0.2) is 0 Å². The van der Waals surface area contributed by atoms with E-state index in [1.807, 2.05) is 19.2 Å². The molecule has 2 heterocycles. The van der Waals surface area contributed by atoms with Gasteiger partial charge in [-0.05, 0) is 24.5 Å². The van der Waals surface area contributed by atoms with Crippen LogP contribution in [0, 0.1) is 0 Å². The fourth-order valence-corrected chi connectivity index (χ4v) is 2.46. The van der Waals surface area contributed by atoms with Crippen LogP contribution in [0.2, 0.25) is 0 Å². The zero-order valence-electron chi connectivity index (χ0n) is 10.2. The van der Waals surface area contributed by atoms with Gasteiger partial charge in [-0.3, -0.25) is 0 Å². The van der Waals surface area contributed by atoms with E-state index in [-0.39, 0.29) is 0 Å². The van der Waals surface area contributed by atoms with Crippen molar-refractivity contribution in [3.8, 4) is 0 Å². The number of hydrogen-bond donors (Lipinski definition) is 1. The number of nitrogens with zero attached hydrogens (tertiary/aromatic N) is 4. The molecule has 1 saturated carbocycles. The van der Waals surface area contributed by atoms with Crippen molar-refractivity contribution < 1.29 is 0 Å². The van der Waals surface area contributed by atoms with Crippen LogP contribution in [0.5, 0.6) is 0 Å². The van der Waals surface area contributed by atoms with Crippen LogP contribution >= 0.6 is 11.5 Å². The second-order valence-electron chi connectivity index (χ2n) is 4.66. The Labute approximate surface area is 110 Å². The molecule has 0 radical (unpaired) electrons. The maximum atomic E-state index is 5.57. The Morgan fingerprint density at radius 2 is 2.28 bits per heavy atom. The van der Waals surface area contributed by atoms with Gasteiger partial charge in [-0.1, -0.05) is 6.07 Å². The Kier molecular flexibility index (Phi) is 2.87. The minimum atomic E-state index is 0.549. The molecule has 2 N–H and O–H groups in total. The average Bonchev–Trinajstić information content (AvgIpc) is 3.10. The predicted octanol–water partition coefficient (Wildman–Crippen LogP) is 2.03. The number of rotatable bonds is 4. The second kappa shape index (κ2) is 4.53. The molecule has 6 heteroatoms. The standard InChI is InChI=1S/C12H15N5S/c1-17(7-8-2-5-10(13)14-6-8)12-15-11(16-18-12)9-3-4-9/h2,5-6,9H,3-4,7H2,1H3,(H2,13,14). The summed E-state index contributed by atoms with van der Waals surface area (Å²) in [7, 11) is 2.02. The zero-order chi connectivity index (χ0) is 12.5. The average molecular weight is 261 g/mol. The number of pyridine rings is 1. The lowest BCUT2D eigenvalue weighted by atomic mass is 10.3. The van der Waals surface area contributed by atoms with E-state index in [4.69, 9.17) is 5.73 Å². The van der Waals surface area contributed by atoms with E-state index in [1.54, 1.807) is 6.20 Å². The summed E-state index contributed by atoms with van der Waals surface area (Å²) < 4.78 is 4.41. The molecule has 2 aromatic rings. The fraction of sp³-hybridized carbons (Fsp3) is 0.417. The van der Waals surface area contributed by atoms with Crippen molar-refractivity contribution in [2.45, 2.75) is 25.3 Å². The van der Waals surface area contributed by atoms with Crippen molar-refractivity contribution in [1.29, 1.82) is 0 Å². The highest BCUT2D eigenvalue weighted by atomic mass is 32.1. The smallest absolute Gasteiger partial charge is 0.205 e. The van der Waals surface area contributed by atoms with Gasteiger partial charge in [0.1, 0.15) is 11.6 Å². The van der Waals surface area contributed by atoms with Gasteiger partial charge in [0.2, 0.25) is 5.13 Å². The van der Waals surface area contributed by atoms with Crippen molar-refractivity contribution in [2.75, 3.05) is 17.7 Å². The Balaban J connectivity index is 1.69. The molecule has 3 rings (SSSR count). The molecule has 0 spiro atoms. The molecule has 1 fully saturated rings. The summed E-state index contributed by atoms with van der Waals surface area (Å²) >= 11 is 1.47. The minimum Gasteiger partial charge on any atom is -0.384 e. The third-order valence-corrected chi connectivity index (χ3v) is 3.81. The highest BCUT2D eigenvalue weighted by molar-refractivity contribution is 7.09. The summed E-state index contributed by atoms with van der Waals surface area (Å²) in [5.41, 5.74) is 6.69. The van der Waals surface area contributed by atoms with E-state index in [0.717, 1.165) is 23.1 Å². The van der Waals surface area contributed by atoms with Crippen molar-refractivity contribution in [2.24, 2.45) is 0 Å². The Morgan fingerprint density at radius 3 is 2.94 bits per heavy atom. The molecule has 0 unspecified atom stereocenters. The molecule has 2 aromatic heterocycles. The number of anilines is 2. The van der Waals surface area contributed by atoms with Crippen LogP contribution in [-0.4, -0.2) is 21.4 Å². The molecule has 5 nitrogen and oxygen atoms in total. The SMILES string of the molecule is CN(Cc1ccc(N)nc1)c1nc(C2CC2)ns1. The van der Waals surface area contributed by atoms with Gasteiger partial charge in [-0.25, -0.2) is 9.97 Å². The van der Waals surface area contributed by atoms with E-state index in [2.05, 4.69) is 19.2 Å². The molecular formula is C12H15N5S. The minimum absolute atomic E-state index is 0.549. The molecule has 1 aliphatic rings. The molecule has 94 valence electrons. The van der Waals surface area contributed by atoms with Crippen LogP contribution in [0.1, 0.15) is 30.1 Å². The molecule has 0 saturated heterocycles. The molecule has 0 atom stereocenters. The number of nitrogen functional groups attached to an aromatic ring is 1. The molecular weight excluding hydrogens is 246 g/mol. The summed E-state index contributed by atoms with van der Waals surface area (Å²) in [6, 6.07) is 3.81. The number of hydrogen-bond acceptors (Lipinski definition) is 6. The lowest BCUT2D eigenvalue weighted by molar-refractivity contribution is 0.891. The fourth-order valence-electron chi connectivity index (χ4n) is 1.76. The Bertz CT molecular complexity index is 532. The third kappa shape index (κ3) is 2.43. The summed E-state index contributed by atoms with van der Waals surface area (Å²) in [5.74, 6) is 2.17. The van der Waals surface area contributed by atoms with E-state index < -0.39 is 0 Å². The summed E-state index contributed by atoms with van der Waals surface area (Å²) in [4.78, 5) is 10.8. The lowest BCUT2D eigenvalue weighted by Gasteiger charge is -2.14. The summed E-state index contributed by atoms with van der Waals surface area (Å²) in [6.07, 6.45) is 4.28. The zero-order valence-corrected chi connectivity index (χ0v) is 11.0. The van der Waals surface area contributed by atoms with Crippen molar-refractivity contribution in [3.63, 3.8) is 0 Å². The first-order valence-corrected chi connectivity index (χ1v) is 6.75. The van der Waals surface area contributed by atoms with Crippen LogP contribution in [0.25, 0.3) is 0 Å². The summed E-state index contributed by atoms with van der Waals surface area (Å²) in [5, 5.41) is 0.966. The first-order chi connectivity index (χ1) is 8.72. The van der Waals surface area contributed by atoms with Crippen LogP contribution in [0.3, 0.4) is 0 Å². The van der Waals surface area contributed by atoms with Gasteiger partial charge >= 0.3 is 0 Å². The molecule has 0 amide bonds. The Hall–Kier alpha value is -1.69. The van der Waals surface area contributed by atoms with Gasteiger partial charge in [0, 0.05) is 37.2 Å². The number of aromatic nitrogens is 3. The monoisotopic (exact) mass is 261 g/mol. The highest BCUT2D eigenvalue weighted by Crippen LogP contribution is 2.39. The molecule has 0 bridgehead atoms. The maximum absolute atomic E-state index is 5.57. The van der Waals surface area contributed by atoms with E-state index in [0.29, 0.717) is 11.7 Å². The predicted molar refractivity (Wildman–Crippen MR) is 72.6 cm³/mol. The van der Waals surface area contributed by atoms with E-state index in [1.165, 1.54) is 24.4 Å². The molecule has 0 aliphatic heterocycles. The van der Waals surface area contributed by atoms with Crippen molar-refractivity contribution in [3.05, 3.63) is 29.7 Å². The van der Waals surface area contributed by atoms with Crippen LogP contribution in [0.15, 0.2) is 18.3 Å². The molecule has 18 heavy (non-hydrogen) atoms. The van der Waals surface area contributed by atoms with Gasteiger partial charge in [-0.2, -0.15) is 4.37 Å². The summed E-state index contributed by atoms with van der Waals surface area (Å²) in [6.45, 7) is 0.770. The highest BCUT2D eigenvalue weighted by Gasteiger charge is 2.28. The van der Waals surface area contributed by atoms with E-state index in [9.17, 15) is 0 Å². The Morgan fingerprint density at radius 1 is 1.44 bits per heavy atom. The van der Waals surface area contributed by atoms with Crippen molar-refractivity contribution >= 4 is 22.5 Å². The molecule has 0 aromatic carbocycles. The van der Waals surface area contributed by atoms with Crippen molar-refractivity contribution in [1.82, 2.24) is 14.3 Å². The van der Waals surface area contributed by atoms with Gasteiger partial charge < -0.3 is 10.6 Å². The first-order valence-electron chi connectivity index (χ1n) is 5.97. The third-order valence-electron chi connectivity index (χ3n) is 2.97. The lowest BCUT2D eigenvalue weighted by Crippen LogP contribution is -2.16. The van der Waals surface area contributed by atoms with Gasteiger partial charge in [-0.15, -0.1) is 0 Å². The van der Waals surface area contributed by atoms with Crippen LogP contribution in [-0.2, 0) is 6.54 Å². The largest absolute Gasteiger partial charge is 0.384 e. The second-order valence-corrected chi connectivity index (χ2v) is 5.39. The van der Waals surface area contributed by atoms with E-state index >= 15 is 0 Å².